The van der Waals surface area contributed by atoms with Gasteiger partial charge in [0.15, 0.2) is 5.82 Å². The number of morpholine rings is 1. The van der Waals surface area contributed by atoms with Gasteiger partial charge < -0.3 is 20.1 Å². The van der Waals surface area contributed by atoms with Crippen LogP contribution in [0.5, 0.6) is 0 Å². The van der Waals surface area contributed by atoms with Crippen LogP contribution in [0.15, 0.2) is 24.5 Å². The molecule has 0 unspecified atom stereocenters. The van der Waals surface area contributed by atoms with Gasteiger partial charge in [-0.3, -0.25) is 14.4 Å². The maximum atomic E-state index is 15.1. The molecular formula is C23H31FN8O3. The second-order valence-electron chi connectivity index (χ2n) is 9.32. The lowest BCUT2D eigenvalue weighted by Gasteiger charge is -2.25. The fraction of sp³-hybridized carbons (Fsp3) is 0.565. The smallest absolute Gasteiger partial charge is 0.407 e. The Morgan fingerprint density at radius 2 is 2.17 bits per heavy atom. The van der Waals surface area contributed by atoms with Crippen molar-refractivity contribution in [2.24, 2.45) is 0 Å². The zero-order valence-electron chi connectivity index (χ0n) is 19.9. The van der Waals surface area contributed by atoms with E-state index in [9.17, 15) is 4.79 Å². The highest BCUT2D eigenvalue weighted by Crippen LogP contribution is 2.38. The molecular weight excluding hydrogens is 455 g/mol. The number of rotatable bonds is 7. The van der Waals surface area contributed by atoms with Gasteiger partial charge in [0.25, 0.3) is 0 Å². The molecule has 0 radical (unpaired) electrons. The molecule has 0 aromatic carbocycles. The summed E-state index contributed by atoms with van der Waals surface area (Å²) in [6.45, 7) is 7.65. The second-order valence-corrected chi connectivity index (χ2v) is 9.32. The highest BCUT2D eigenvalue weighted by atomic mass is 19.1. The van der Waals surface area contributed by atoms with Crippen molar-refractivity contribution in [3.05, 3.63) is 35.9 Å². The number of carbonyl (C=O) groups is 1. The summed E-state index contributed by atoms with van der Waals surface area (Å²) in [5, 5.41) is 13.1. The van der Waals surface area contributed by atoms with E-state index < -0.39 is 24.3 Å². The zero-order chi connectivity index (χ0) is 24.4. The second kappa shape index (κ2) is 10.2. The van der Waals surface area contributed by atoms with Crippen molar-refractivity contribution in [2.75, 3.05) is 31.6 Å². The molecule has 3 aromatic heterocycles. The molecule has 0 spiro atoms. The van der Waals surface area contributed by atoms with Crippen molar-refractivity contribution in [3.63, 3.8) is 0 Å². The number of fused-ring (bicyclic) bond motifs is 1. The quantitative estimate of drug-likeness (QED) is 0.466. The molecule has 2 fully saturated rings. The van der Waals surface area contributed by atoms with Crippen LogP contribution in [0.25, 0.3) is 5.65 Å². The molecule has 1 saturated carbocycles. The molecule has 2 aliphatic rings. The number of aromatic amines is 1. The van der Waals surface area contributed by atoms with Crippen LogP contribution in [-0.4, -0.2) is 80.2 Å². The third kappa shape index (κ3) is 5.38. The standard InChI is InChI=1S/C23H31FN8O3/c1-14(2)26-23(33)35-18-4-3-16(21(18)24)17-11-19(30-29-17)28-22-25-6-5-20-27-15(13-32(20)22)12-31-7-9-34-10-8-31/h5-6,11,13-14,16,18,21H,3-4,7-10,12H2,1-2H3,(H,26,33)(H2,25,28,29,30)/t16-,18-,21-/m0/s1. The Morgan fingerprint density at radius 3 is 2.97 bits per heavy atom. The van der Waals surface area contributed by atoms with E-state index in [1.54, 1.807) is 12.3 Å². The molecule has 3 atom stereocenters. The van der Waals surface area contributed by atoms with Crippen LogP contribution in [0.2, 0.25) is 0 Å². The van der Waals surface area contributed by atoms with Gasteiger partial charge in [-0.15, -0.1) is 0 Å². The number of halogens is 1. The van der Waals surface area contributed by atoms with E-state index >= 15 is 4.39 Å². The molecule has 1 amide bonds. The van der Waals surface area contributed by atoms with E-state index in [1.807, 2.05) is 30.5 Å². The molecule has 1 saturated heterocycles. The third-order valence-corrected chi connectivity index (χ3v) is 6.32. The monoisotopic (exact) mass is 486 g/mol. The van der Waals surface area contributed by atoms with Gasteiger partial charge in [0.2, 0.25) is 5.95 Å². The number of carbonyl (C=O) groups excluding carboxylic acids is 1. The number of nitrogens with zero attached hydrogens (tertiary/aromatic N) is 5. The third-order valence-electron chi connectivity index (χ3n) is 6.32. The van der Waals surface area contributed by atoms with E-state index in [0.29, 0.717) is 30.3 Å². The summed E-state index contributed by atoms with van der Waals surface area (Å²) < 4.78 is 27.7. The van der Waals surface area contributed by atoms with Crippen molar-refractivity contribution in [1.29, 1.82) is 0 Å². The van der Waals surface area contributed by atoms with Crippen LogP contribution in [0.1, 0.15) is 44.0 Å². The Kier molecular flexibility index (Phi) is 6.82. The maximum absolute atomic E-state index is 15.1. The Morgan fingerprint density at radius 1 is 1.34 bits per heavy atom. The Labute approximate surface area is 202 Å². The number of anilines is 2. The number of hydrogen-bond acceptors (Lipinski definition) is 8. The summed E-state index contributed by atoms with van der Waals surface area (Å²) in [5.41, 5.74) is 2.38. The largest absolute Gasteiger partial charge is 0.443 e. The molecule has 35 heavy (non-hydrogen) atoms. The van der Waals surface area contributed by atoms with Gasteiger partial charge in [0.05, 0.1) is 18.9 Å². The van der Waals surface area contributed by atoms with Crippen LogP contribution in [0.4, 0.5) is 21.0 Å². The summed E-state index contributed by atoms with van der Waals surface area (Å²) in [6, 6.07) is 3.56. The molecule has 188 valence electrons. The first-order valence-electron chi connectivity index (χ1n) is 12.0. The molecule has 3 N–H and O–H groups in total. The summed E-state index contributed by atoms with van der Waals surface area (Å²) in [4.78, 5) is 23.3. The minimum absolute atomic E-state index is 0.0667. The summed E-state index contributed by atoms with van der Waals surface area (Å²) in [7, 11) is 0. The number of alkyl halides is 1. The lowest BCUT2D eigenvalue weighted by molar-refractivity contribution is 0.0337. The maximum Gasteiger partial charge on any atom is 0.407 e. The zero-order valence-corrected chi connectivity index (χ0v) is 19.9. The fourth-order valence-electron chi connectivity index (χ4n) is 4.61. The van der Waals surface area contributed by atoms with Gasteiger partial charge in [-0.05, 0) is 32.8 Å². The number of nitrogens with one attached hydrogen (secondary N) is 3. The van der Waals surface area contributed by atoms with Crippen LogP contribution in [-0.2, 0) is 16.0 Å². The number of alkyl carbamates (subject to hydrolysis) is 1. The first kappa shape index (κ1) is 23.5. The lowest BCUT2D eigenvalue weighted by Crippen LogP contribution is -2.36. The van der Waals surface area contributed by atoms with Crippen LogP contribution in [0.3, 0.4) is 0 Å². The fourth-order valence-corrected chi connectivity index (χ4v) is 4.61. The van der Waals surface area contributed by atoms with Gasteiger partial charge in [0, 0.05) is 55.7 Å². The Hall–Kier alpha value is -3.25. The van der Waals surface area contributed by atoms with Crippen molar-refractivity contribution in [1.82, 2.24) is 34.8 Å². The number of H-pyrrole nitrogens is 1. The van der Waals surface area contributed by atoms with Gasteiger partial charge >= 0.3 is 6.09 Å². The normalized spacial score (nSPS) is 23.1. The van der Waals surface area contributed by atoms with E-state index in [0.717, 1.165) is 44.2 Å². The molecule has 5 rings (SSSR count). The topological polar surface area (TPSA) is 122 Å². The van der Waals surface area contributed by atoms with Crippen molar-refractivity contribution in [2.45, 2.75) is 57.5 Å². The van der Waals surface area contributed by atoms with E-state index in [-0.39, 0.29) is 6.04 Å². The molecule has 0 bridgehead atoms. The lowest BCUT2D eigenvalue weighted by atomic mass is 10.0. The molecule has 1 aliphatic heterocycles. The predicted molar refractivity (Wildman–Crippen MR) is 126 cm³/mol. The number of hydrogen-bond donors (Lipinski definition) is 3. The van der Waals surface area contributed by atoms with Gasteiger partial charge in [-0.2, -0.15) is 5.10 Å². The van der Waals surface area contributed by atoms with Crippen LogP contribution >= 0.6 is 0 Å². The highest BCUT2D eigenvalue weighted by molar-refractivity contribution is 5.67. The SMILES string of the molecule is CC(C)NC(=O)O[C@H]1CC[C@@H](c2cc(Nc3nccc4nc(CN5CCOCC5)cn34)n[nH]2)[C@@H]1F. The summed E-state index contributed by atoms with van der Waals surface area (Å²) >= 11 is 0. The average molecular weight is 487 g/mol. The Balaban J connectivity index is 1.25. The molecule has 4 heterocycles. The average Bonchev–Trinajstić information content (AvgIpc) is 3.54. The van der Waals surface area contributed by atoms with E-state index in [1.165, 1.54) is 0 Å². The summed E-state index contributed by atoms with van der Waals surface area (Å²) in [5.74, 6) is 0.667. The minimum Gasteiger partial charge on any atom is -0.443 e. The van der Waals surface area contributed by atoms with Crippen molar-refractivity contribution < 1.29 is 18.7 Å². The molecule has 11 nitrogen and oxygen atoms in total. The highest BCUT2D eigenvalue weighted by Gasteiger charge is 2.40. The van der Waals surface area contributed by atoms with Gasteiger partial charge in [-0.25, -0.2) is 19.2 Å². The molecule has 12 heteroatoms. The predicted octanol–water partition coefficient (Wildman–Crippen LogP) is 2.75. The van der Waals surface area contributed by atoms with Crippen molar-refractivity contribution >= 4 is 23.5 Å². The minimum atomic E-state index is -1.31. The van der Waals surface area contributed by atoms with E-state index in [4.69, 9.17) is 14.5 Å². The van der Waals surface area contributed by atoms with Gasteiger partial charge in [-0.1, -0.05) is 0 Å². The molecule has 3 aromatic rings. The van der Waals surface area contributed by atoms with Crippen molar-refractivity contribution in [3.8, 4) is 0 Å². The number of aromatic nitrogens is 5. The number of imidazole rings is 1. The van der Waals surface area contributed by atoms with Crippen LogP contribution in [0, 0.1) is 0 Å². The van der Waals surface area contributed by atoms with Gasteiger partial charge in [0.1, 0.15) is 17.9 Å². The molecule has 1 aliphatic carbocycles. The number of ether oxygens (including phenoxy) is 2. The van der Waals surface area contributed by atoms with E-state index in [2.05, 4.69) is 30.7 Å². The first-order chi connectivity index (χ1) is 17.0. The number of amides is 1. The first-order valence-corrected chi connectivity index (χ1v) is 12.0. The van der Waals surface area contributed by atoms with Crippen LogP contribution < -0.4 is 10.6 Å². The summed E-state index contributed by atoms with van der Waals surface area (Å²) in [6.07, 6.45) is 2.00. The Bertz CT molecular complexity index is 1160.